The van der Waals surface area contributed by atoms with E-state index in [-0.39, 0.29) is 11.3 Å². The lowest BCUT2D eigenvalue weighted by atomic mass is 10.0. The molecule has 1 unspecified atom stereocenters. The standard InChI is InChI=1S/C23H18IN5O3S2/c1-33-23-14(11-17(24)34-23)12-25-28-22(32)19(26-20(30)13-7-3-2-4-8-13)18-15-9-5-6-10-16(15)21(31)29-27-18/h2-12,19H,1H3,(H,26,30)(H,28,32)(H,29,31)/b25-12-. The van der Waals surface area contributed by atoms with E-state index < -0.39 is 17.9 Å². The Morgan fingerprint density at radius 1 is 1.15 bits per heavy atom. The van der Waals surface area contributed by atoms with Gasteiger partial charge in [0, 0.05) is 16.5 Å². The number of fused-ring (bicyclic) bond motifs is 1. The van der Waals surface area contributed by atoms with Gasteiger partial charge in [-0.25, -0.2) is 10.5 Å². The molecule has 0 aliphatic carbocycles. The number of thioether (sulfide) groups is 1. The van der Waals surface area contributed by atoms with E-state index in [1.807, 2.05) is 12.3 Å². The van der Waals surface area contributed by atoms with Crippen LogP contribution in [-0.4, -0.2) is 34.5 Å². The monoisotopic (exact) mass is 603 g/mol. The van der Waals surface area contributed by atoms with Crippen molar-refractivity contribution in [3.63, 3.8) is 0 Å². The maximum atomic E-state index is 13.2. The van der Waals surface area contributed by atoms with Crippen LogP contribution in [0.3, 0.4) is 0 Å². The summed E-state index contributed by atoms with van der Waals surface area (Å²) in [6, 6.07) is 16.1. The van der Waals surface area contributed by atoms with Gasteiger partial charge in [0.15, 0.2) is 6.04 Å². The van der Waals surface area contributed by atoms with Crippen LogP contribution in [0.15, 0.2) is 74.8 Å². The summed E-state index contributed by atoms with van der Waals surface area (Å²) in [5, 5.41) is 14.2. The Morgan fingerprint density at radius 2 is 1.85 bits per heavy atom. The molecule has 8 nitrogen and oxygen atoms in total. The van der Waals surface area contributed by atoms with Gasteiger partial charge in [0.1, 0.15) is 5.69 Å². The van der Waals surface area contributed by atoms with Gasteiger partial charge in [0.05, 0.1) is 18.7 Å². The molecule has 0 spiro atoms. The number of nitrogens with zero attached hydrogens (tertiary/aromatic N) is 2. The summed E-state index contributed by atoms with van der Waals surface area (Å²) >= 11 is 5.46. The first-order chi connectivity index (χ1) is 16.5. The summed E-state index contributed by atoms with van der Waals surface area (Å²) < 4.78 is 2.18. The van der Waals surface area contributed by atoms with Crippen LogP contribution in [0.4, 0.5) is 0 Å². The van der Waals surface area contributed by atoms with Gasteiger partial charge < -0.3 is 5.32 Å². The Hall–Kier alpha value is -3.03. The van der Waals surface area contributed by atoms with Crippen LogP contribution in [0.25, 0.3) is 10.8 Å². The smallest absolute Gasteiger partial charge is 0.272 e. The zero-order chi connectivity index (χ0) is 24.1. The second-order valence-electron chi connectivity index (χ2n) is 6.99. The molecule has 4 aromatic rings. The number of aromatic amines is 1. The Kier molecular flexibility index (Phi) is 7.75. The van der Waals surface area contributed by atoms with Crippen molar-refractivity contribution in [2.45, 2.75) is 10.3 Å². The third kappa shape index (κ3) is 5.37. The molecule has 2 aromatic carbocycles. The number of carbonyl (C=O) groups is 2. The van der Waals surface area contributed by atoms with Crippen molar-refractivity contribution in [3.8, 4) is 0 Å². The fraction of sp³-hybridized carbons (Fsp3) is 0.0870. The predicted octanol–water partition coefficient (Wildman–Crippen LogP) is 3.93. The Morgan fingerprint density at radius 3 is 2.59 bits per heavy atom. The van der Waals surface area contributed by atoms with Gasteiger partial charge in [-0.05, 0) is 53.1 Å². The SMILES string of the molecule is CSc1sc(I)cc1/C=N\NC(=O)C(NC(=O)c1ccccc1)c1n[nH]c(=O)c2ccccc12. The third-order valence-electron chi connectivity index (χ3n) is 4.83. The molecule has 0 aliphatic heterocycles. The van der Waals surface area contributed by atoms with Gasteiger partial charge in [0.2, 0.25) is 0 Å². The minimum Gasteiger partial charge on any atom is -0.335 e. The Balaban J connectivity index is 1.67. The second kappa shape index (κ2) is 10.9. The molecule has 1 atom stereocenters. The molecule has 2 heterocycles. The highest BCUT2D eigenvalue weighted by Gasteiger charge is 2.27. The average Bonchev–Trinajstić information content (AvgIpc) is 3.23. The minimum atomic E-state index is -1.20. The molecule has 2 aromatic heterocycles. The number of hydrogen-bond acceptors (Lipinski definition) is 7. The predicted molar refractivity (Wildman–Crippen MR) is 144 cm³/mol. The van der Waals surface area contributed by atoms with Crippen LogP contribution < -0.4 is 16.3 Å². The number of rotatable bonds is 7. The van der Waals surface area contributed by atoms with Gasteiger partial charge in [-0.15, -0.1) is 23.1 Å². The topological polar surface area (TPSA) is 116 Å². The van der Waals surface area contributed by atoms with Crippen LogP contribution in [0.2, 0.25) is 0 Å². The molecule has 4 rings (SSSR count). The maximum Gasteiger partial charge on any atom is 0.272 e. The lowest BCUT2D eigenvalue weighted by Gasteiger charge is -2.18. The molecule has 172 valence electrons. The van der Waals surface area contributed by atoms with E-state index in [1.54, 1.807) is 83.9 Å². The van der Waals surface area contributed by atoms with Crippen LogP contribution in [0.1, 0.15) is 27.7 Å². The van der Waals surface area contributed by atoms with Crippen molar-refractivity contribution in [1.29, 1.82) is 0 Å². The summed E-state index contributed by atoms with van der Waals surface area (Å²) in [7, 11) is 0. The zero-order valence-electron chi connectivity index (χ0n) is 17.7. The zero-order valence-corrected chi connectivity index (χ0v) is 21.5. The fourth-order valence-corrected chi connectivity index (χ4v) is 6.24. The summed E-state index contributed by atoms with van der Waals surface area (Å²) in [5.74, 6) is -1.06. The van der Waals surface area contributed by atoms with E-state index >= 15 is 0 Å². The molecule has 0 saturated heterocycles. The van der Waals surface area contributed by atoms with Gasteiger partial charge in [-0.2, -0.15) is 10.2 Å². The van der Waals surface area contributed by atoms with Crippen molar-refractivity contribution in [2.24, 2.45) is 5.10 Å². The van der Waals surface area contributed by atoms with Crippen molar-refractivity contribution >= 4 is 74.5 Å². The summed E-state index contributed by atoms with van der Waals surface area (Å²) in [5.41, 5.74) is 3.60. The van der Waals surface area contributed by atoms with Crippen molar-refractivity contribution in [2.75, 3.05) is 6.26 Å². The molecule has 0 saturated carbocycles. The average molecular weight is 603 g/mol. The summed E-state index contributed by atoms with van der Waals surface area (Å²) in [6.45, 7) is 0. The lowest BCUT2D eigenvalue weighted by molar-refractivity contribution is -0.123. The normalized spacial score (nSPS) is 12.1. The van der Waals surface area contributed by atoms with Crippen LogP contribution in [0.5, 0.6) is 0 Å². The molecule has 3 N–H and O–H groups in total. The number of H-pyrrole nitrogens is 1. The van der Waals surface area contributed by atoms with Crippen LogP contribution in [0, 0.1) is 2.88 Å². The number of carbonyl (C=O) groups excluding carboxylic acids is 2. The molecule has 0 fully saturated rings. The molecule has 0 radical (unpaired) electrons. The van der Waals surface area contributed by atoms with E-state index in [2.05, 4.69) is 48.6 Å². The van der Waals surface area contributed by atoms with Crippen molar-refractivity contribution in [1.82, 2.24) is 20.9 Å². The summed E-state index contributed by atoms with van der Waals surface area (Å²) in [4.78, 5) is 38.3. The van der Waals surface area contributed by atoms with E-state index in [9.17, 15) is 14.4 Å². The van der Waals surface area contributed by atoms with Gasteiger partial charge in [-0.3, -0.25) is 14.4 Å². The van der Waals surface area contributed by atoms with E-state index in [1.165, 1.54) is 0 Å². The van der Waals surface area contributed by atoms with Gasteiger partial charge in [-0.1, -0.05) is 36.4 Å². The third-order valence-corrected chi connectivity index (χ3v) is 7.89. The quantitative estimate of drug-likeness (QED) is 0.128. The van der Waals surface area contributed by atoms with Crippen molar-refractivity contribution in [3.05, 3.63) is 90.7 Å². The van der Waals surface area contributed by atoms with Crippen LogP contribution in [-0.2, 0) is 4.79 Å². The Bertz CT molecular complexity index is 1440. The highest BCUT2D eigenvalue weighted by atomic mass is 127. The van der Waals surface area contributed by atoms with E-state index in [0.29, 0.717) is 16.3 Å². The molecular formula is C23H18IN5O3S2. The van der Waals surface area contributed by atoms with Crippen molar-refractivity contribution < 1.29 is 9.59 Å². The molecule has 0 aliphatic rings. The molecule has 2 amide bonds. The summed E-state index contributed by atoms with van der Waals surface area (Å²) in [6.07, 6.45) is 3.54. The van der Waals surface area contributed by atoms with E-state index in [4.69, 9.17) is 0 Å². The maximum absolute atomic E-state index is 13.2. The first kappa shape index (κ1) is 24.1. The first-order valence-corrected chi connectivity index (χ1v) is 13.1. The number of aromatic nitrogens is 2. The van der Waals surface area contributed by atoms with Gasteiger partial charge >= 0.3 is 0 Å². The second-order valence-corrected chi connectivity index (χ2v) is 11.0. The van der Waals surface area contributed by atoms with Gasteiger partial charge in [0.25, 0.3) is 17.4 Å². The number of amides is 2. The fourth-order valence-electron chi connectivity index (χ4n) is 3.26. The number of halogens is 1. The molecule has 0 bridgehead atoms. The largest absolute Gasteiger partial charge is 0.335 e. The number of thiophene rings is 1. The highest BCUT2D eigenvalue weighted by Crippen LogP contribution is 2.30. The number of benzene rings is 2. The Labute approximate surface area is 216 Å². The number of nitrogens with one attached hydrogen (secondary N) is 3. The minimum absolute atomic E-state index is 0.210. The van der Waals surface area contributed by atoms with E-state index in [0.717, 1.165) is 12.7 Å². The number of hydrazone groups is 1. The molecular weight excluding hydrogens is 585 g/mol. The lowest BCUT2D eigenvalue weighted by Crippen LogP contribution is -2.40. The molecule has 11 heteroatoms. The number of hydrogen-bond donors (Lipinski definition) is 3. The van der Waals surface area contributed by atoms with Crippen LogP contribution >= 0.6 is 45.7 Å². The first-order valence-electron chi connectivity index (χ1n) is 9.97. The molecule has 34 heavy (non-hydrogen) atoms. The highest BCUT2D eigenvalue weighted by molar-refractivity contribution is 14.1.